The standard InChI is InChI=1S/C19H27N3O4S/c1-14(2)19(23)20-16-8-9-18(21(3)4)15(11-16)12-22(27(5,24)25)13-17-7-6-10-26-17/h6-11,14H,12-13H2,1-5H3,(H,20,23). The Bertz CT molecular complexity index is 874. The molecule has 148 valence electrons. The van der Waals surface area contributed by atoms with E-state index in [1.165, 1.54) is 16.8 Å². The van der Waals surface area contributed by atoms with Crippen LogP contribution in [0.2, 0.25) is 0 Å². The van der Waals surface area contributed by atoms with E-state index in [1.54, 1.807) is 12.1 Å². The molecule has 0 atom stereocenters. The quantitative estimate of drug-likeness (QED) is 0.746. The number of hydrogen-bond acceptors (Lipinski definition) is 5. The topological polar surface area (TPSA) is 82.9 Å². The van der Waals surface area contributed by atoms with E-state index in [0.717, 1.165) is 11.3 Å². The van der Waals surface area contributed by atoms with Gasteiger partial charge in [-0.25, -0.2) is 8.42 Å². The number of carbonyl (C=O) groups excluding carboxylic acids is 1. The van der Waals surface area contributed by atoms with E-state index < -0.39 is 10.0 Å². The molecule has 1 amide bonds. The summed E-state index contributed by atoms with van der Waals surface area (Å²) in [4.78, 5) is 13.9. The largest absolute Gasteiger partial charge is 0.468 e. The molecule has 7 nitrogen and oxygen atoms in total. The van der Waals surface area contributed by atoms with Crippen molar-refractivity contribution < 1.29 is 17.6 Å². The highest BCUT2D eigenvalue weighted by Gasteiger charge is 2.21. The second-order valence-electron chi connectivity index (χ2n) is 6.99. The number of nitrogens with zero attached hydrogens (tertiary/aromatic N) is 2. The van der Waals surface area contributed by atoms with Crippen LogP contribution in [0.5, 0.6) is 0 Å². The molecule has 0 bridgehead atoms. The molecule has 0 radical (unpaired) electrons. The average Bonchev–Trinajstić information content (AvgIpc) is 3.06. The van der Waals surface area contributed by atoms with Crippen LogP contribution in [0.15, 0.2) is 41.0 Å². The molecule has 0 aliphatic heterocycles. The zero-order valence-electron chi connectivity index (χ0n) is 16.4. The first-order valence-electron chi connectivity index (χ1n) is 8.66. The van der Waals surface area contributed by atoms with Gasteiger partial charge in [-0.15, -0.1) is 0 Å². The smallest absolute Gasteiger partial charge is 0.226 e. The van der Waals surface area contributed by atoms with Gasteiger partial charge < -0.3 is 14.6 Å². The van der Waals surface area contributed by atoms with Crippen molar-refractivity contribution in [3.8, 4) is 0 Å². The maximum Gasteiger partial charge on any atom is 0.226 e. The first-order chi connectivity index (χ1) is 12.6. The Morgan fingerprint density at radius 3 is 2.41 bits per heavy atom. The molecule has 0 fully saturated rings. The number of amides is 1. The van der Waals surface area contributed by atoms with E-state index in [1.807, 2.05) is 51.0 Å². The molecule has 1 heterocycles. The third-order valence-corrected chi connectivity index (χ3v) is 5.28. The molecule has 27 heavy (non-hydrogen) atoms. The van der Waals surface area contributed by atoms with E-state index in [-0.39, 0.29) is 24.9 Å². The molecule has 1 aromatic carbocycles. The van der Waals surface area contributed by atoms with Crippen molar-refractivity contribution in [1.29, 1.82) is 0 Å². The van der Waals surface area contributed by atoms with Gasteiger partial charge in [-0.1, -0.05) is 13.8 Å². The van der Waals surface area contributed by atoms with Crippen LogP contribution in [0, 0.1) is 5.92 Å². The minimum absolute atomic E-state index is 0.0888. The lowest BCUT2D eigenvalue weighted by atomic mass is 10.1. The molecule has 2 rings (SSSR count). The van der Waals surface area contributed by atoms with Crippen LogP contribution in [0.3, 0.4) is 0 Å². The van der Waals surface area contributed by atoms with Gasteiger partial charge in [-0.05, 0) is 35.9 Å². The summed E-state index contributed by atoms with van der Waals surface area (Å²) in [5.41, 5.74) is 2.31. The number of sulfonamides is 1. The summed E-state index contributed by atoms with van der Waals surface area (Å²) in [7, 11) is 0.319. The fourth-order valence-corrected chi connectivity index (χ4v) is 3.30. The second-order valence-corrected chi connectivity index (χ2v) is 8.97. The van der Waals surface area contributed by atoms with Crippen LogP contribution >= 0.6 is 0 Å². The second kappa shape index (κ2) is 8.58. The van der Waals surface area contributed by atoms with Crippen LogP contribution in [-0.4, -0.2) is 39.0 Å². The lowest BCUT2D eigenvalue weighted by Gasteiger charge is -2.24. The number of furan rings is 1. The SMILES string of the molecule is CC(C)C(=O)Nc1ccc(N(C)C)c(CN(Cc2ccco2)S(C)(=O)=O)c1. The fourth-order valence-electron chi connectivity index (χ4n) is 2.57. The Morgan fingerprint density at radius 2 is 1.89 bits per heavy atom. The van der Waals surface area contributed by atoms with Gasteiger partial charge in [0.2, 0.25) is 15.9 Å². The summed E-state index contributed by atoms with van der Waals surface area (Å²) < 4.78 is 31.2. The summed E-state index contributed by atoms with van der Waals surface area (Å²) >= 11 is 0. The van der Waals surface area contributed by atoms with Gasteiger partial charge in [-0.2, -0.15) is 4.31 Å². The molecule has 0 spiro atoms. The Labute approximate surface area is 161 Å². The summed E-state index contributed by atoms with van der Waals surface area (Å²) in [6.45, 7) is 3.94. The molecule has 0 saturated carbocycles. The van der Waals surface area contributed by atoms with E-state index in [2.05, 4.69) is 5.32 Å². The number of rotatable bonds is 8. The number of nitrogens with one attached hydrogen (secondary N) is 1. The van der Waals surface area contributed by atoms with Crippen molar-refractivity contribution in [3.63, 3.8) is 0 Å². The van der Waals surface area contributed by atoms with E-state index >= 15 is 0 Å². The molecule has 0 unspecified atom stereocenters. The summed E-state index contributed by atoms with van der Waals surface area (Å²) in [5, 5.41) is 2.86. The molecule has 2 aromatic rings. The van der Waals surface area contributed by atoms with Gasteiger partial charge in [0.25, 0.3) is 0 Å². The van der Waals surface area contributed by atoms with Crippen molar-refractivity contribution in [2.75, 3.05) is 30.6 Å². The van der Waals surface area contributed by atoms with Crippen molar-refractivity contribution in [3.05, 3.63) is 47.9 Å². The minimum Gasteiger partial charge on any atom is -0.468 e. The van der Waals surface area contributed by atoms with E-state index in [9.17, 15) is 13.2 Å². The first kappa shape index (κ1) is 21.0. The number of anilines is 2. The Kier molecular flexibility index (Phi) is 6.67. The molecular weight excluding hydrogens is 366 g/mol. The molecule has 8 heteroatoms. The van der Waals surface area contributed by atoms with Gasteiger partial charge in [-0.3, -0.25) is 4.79 Å². The fraction of sp³-hybridized carbons (Fsp3) is 0.421. The molecule has 1 N–H and O–H groups in total. The Hall–Kier alpha value is -2.32. The summed E-state index contributed by atoms with van der Waals surface area (Å²) in [5.74, 6) is 0.332. The van der Waals surface area contributed by atoms with Crippen molar-refractivity contribution in [1.82, 2.24) is 4.31 Å². The highest BCUT2D eigenvalue weighted by Crippen LogP contribution is 2.26. The Balaban J connectivity index is 2.35. The van der Waals surface area contributed by atoms with Gasteiger partial charge >= 0.3 is 0 Å². The monoisotopic (exact) mass is 393 g/mol. The lowest BCUT2D eigenvalue weighted by molar-refractivity contribution is -0.118. The summed E-state index contributed by atoms with van der Waals surface area (Å²) in [6, 6.07) is 8.97. The number of benzene rings is 1. The number of carbonyl (C=O) groups is 1. The maximum atomic E-state index is 12.3. The molecular formula is C19H27N3O4S. The average molecular weight is 394 g/mol. The third-order valence-electron chi connectivity index (χ3n) is 4.08. The van der Waals surface area contributed by atoms with Crippen molar-refractivity contribution in [2.24, 2.45) is 5.92 Å². The Morgan fingerprint density at radius 1 is 1.19 bits per heavy atom. The van der Waals surface area contributed by atoms with E-state index in [0.29, 0.717) is 11.4 Å². The molecule has 0 aliphatic rings. The van der Waals surface area contributed by atoms with Crippen LogP contribution in [0.1, 0.15) is 25.2 Å². The molecule has 1 aromatic heterocycles. The van der Waals surface area contributed by atoms with Crippen LogP contribution in [0.4, 0.5) is 11.4 Å². The van der Waals surface area contributed by atoms with Gasteiger partial charge in [0.1, 0.15) is 5.76 Å². The predicted octanol–water partition coefficient (Wildman–Crippen LogP) is 2.90. The van der Waals surface area contributed by atoms with Gasteiger partial charge in [0, 0.05) is 37.9 Å². The maximum absolute atomic E-state index is 12.3. The summed E-state index contributed by atoms with van der Waals surface area (Å²) in [6.07, 6.45) is 2.69. The predicted molar refractivity (Wildman–Crippen MR) is 107 cm³/mol. The minimum atomic E-state index is -3.46. The molecule has 0 saturated heterocycles. The van der Waals surface area contributed by atoms with Gasteiger partial charge in [0.15, 0.2) is 0 Å². The van der Waals surface area contributed by atoms with Gasteiger partial charge in [0.05, 0.1) is 19.1 Å². The molecule has 0 aliphatic carbocycles. The van der Waals surface area contributed by atoms with E-state index in [4.69, 9.17) is 4.42 Å². The lowest BCUT2D eigenvalue weighted by Crippen LogP contribution is -2.30. The van der Waals surface area contributed by atoms with Crippen molar-refractivity contribution in [2.45, 2.75) is 26.9 Å². The highest BCUT2D eigenvalue weighted by atomic mass is 32.2. The third kappa shape index (κ3) is 5.83. The van der Waals surface area contributed by atoms with Crippen LogP contribution < -0.4 is 10.2 Å². The first-order valence-corrected chi connectivity index (χ1v) is 10.5. The van der Waals surface area contributed by atoms with Crippen LogP contribution in [0.25, 0.3) is 0 Å². The number of hydrogen-bond donors (Lipinski definition) is 1. The zero-order chi connectivity index (χ0) is 20.2. The zero-order valence-corrected chi connectivity index (χ0v) is 17.2. The van der Waals surface area contributed by atoms with Crippen LogP contribution in [-0.2, 0) is 27.9 Å². The normalized spacial score (nSPS) is 11.8. The highest BCUT2D eigenvalue weighted by molar-refractivity contribution is 7.88. The van der Waals surface area contributed by atoms with Crippen molar-refractivity contribution >= 4 is 27.3 Å².